The van der Waals surface area contributed by atoms with Crippen molar-refractivity contribution in [2.45, 2.75) is 81.9 Å². The first-order chi connectivity index (χ1) is 17.5. The third kappa shape index (κ3) is 5.24. The summed E-state index contributed by atoms with van der Waals surface area (Å²) >= 11 is 0. The molecule has 4 nitrogen and oxygen atoms in total. The first-order valence-corrected chi connectivity index (χ1v) is 14.6. The Morgan fingerprint density at radius 3 is 2.54 bits per heavy atom. The van der Waals surface area contributed by atoms with Gasteiger partial charge in [0, 0.05) is 12.3 Å². The normalized spacial score (nSPS) is 29.3. The van der Waals surface area contributed by atoms with Gasteiger partial charge in [0.15, 0.2) is 0 Å². The van der Waals surface area contributed by atoms with E-state index in [1.807, 2.05) is 18.2 Å². The predicted molar refractivity (Wildman–Crippen MR) is 133 cm³/mol. The highest BCUT2D eigenvalue weighted by Gasteiger charge is 2.56. The fourth-order valence-electron chi connectivity index (χ4n) is 7.70. The zero-order chi connectivity index (χ0) is 26.4. The summed E-state index contributed by atoms with van der Waals surface area (Å²) in [7, 11) is -4.91. The second-order valence-electron chi connectivity index (χ2n) is 11.2. The smallest absolute Gasteiger partial charge is 0.299 e. The number of rotatable bonds is 7. The van der Waals surface area contributed by atoms with Gasteiger partial charge >= 0.3 is 16.5 Å². The van der Waals surface area contributed by atoms with Gasteiger partial charge in [0.2, 0.25) is 0 Å². The minimum Gasteiger partial charge on any atom is -0.299 e. The van der Waals surface area contributed by atoms with Crippen molar-refractivity contribution in [1.82, 2.24) is 0 Å². The van der Waals surface area contributed by atoms with Crippen LogP contribution in [0.25, 0.3) is 0 Å². The van der Waals surface area contributed by atoms with E-state index in [4.69, 9.17) is 0 Å². The Bertz CT molecular complexity index is 1260. The number of benzene rings is 2. The second-order valence-corrected chi connectivity index (χ2v) is 12.8. The molecular formula is C29H33F3O4S. The van der Waals surface area contributed by atoms with E-state index in [9.17, 15) is 26.4 Å². The van der Waals surface area contributed by atoms with E-state index in [1.54, 1.807) is 6.07 Å². The molecule has 5 atom stereocenters. The summed E-state index contributed by atoms with van der Waals surface area (Å²) in [5.74, 6) is 1.55. The monoisotopic (exact) mass is 534 g/mol. The van der Waals surface area contributed by atoms with E-state index in [2.05, 4.69) is 23.2 Å². The quantitative estimate of drug-likeness (QED) is 0.360. The van der Waals surface area contributed by atoms with E-state index in [0.717, 1.165) is 56.1 Å². The number of aryl methyl sites for hydroxylation is 2. The van der Waals surface area contributed by atoms with Gasteiger partial charge in [-0.1, -0.05) is 43.3 Å². The molecule has 0 aliphatic heterocycles. The standard InChI is InChI=1S/C29H33F3O4S/c1-28-17-16-23-22-13-11-21(37(34,35)36-29(30,31)32)18-20(22)10-12-24(23)25(28)14-15-26(28)27(33)9-5-8-19-6-3-2-4-7-19/h2-4,6-7,11,13,18,23-26H,5,8-10,12,14-17H2,1H3/t23-,24-,25+,26-,28+/m1/s1. The molecule has 3 aliphatic rings. The number of carbonyl (C=O) groups excluding carboxylic acids is 1. The van der Waals surface area contributed by atoms with Crippen molar-refractivity contribution in [2.75, 3.05) is 0 Å². The van der Waals surface area contributed by atoms with Crippen molar-refractivity contribution in [2.24, 2.45) is 23.2 Å². The summed E-state index contributed by atoms with van der Waals surface area (Å²) in [5, 5.41) is 0. The summed E-state index contributed by atoms with van der Waals surface area (Å²) in [6.45, 7) is 2.29. The minimum absolute atomic E-state index is 0.0215. The molecule has 200 valence electrons. The Balaban J connectivity index is 1.28. The number of hydrogen-bond donors (Lipinski definition) is 0. The van der Waals surface area contributed by atoms with E-state index in [0.29, 0.717) is 30.5 Å². The summed E-state index contributed by atoms with van der Waals surface area (Å²) in [5.41, 5.74) is 3.07. The molecule has 2 aromatic rings. The number of Topliss-reactive ketones (excluding diaryl/α,β-unsaturated/α-hetero) is 1. The van der Waals surface area contributed by atoms with Gasteiger partial charge in [0.05, 0.1) is 4.90 Å². The first-order valence-electron chi connectivity index (χ1n) is 13.2. The van der Waals surface area contributed by atoms with Crippen LogP contribution in [-0.2, 0) is 31.9 Å². The number of fused-ring (bicyclic) bond motifs is 5. The maximum Gasteiger partial charge on any atom is 0.537 e. The van der Waals surface area contributed by atoms with Crippen LogP contribution in [0.5, 0.6) is 0 Å². The van der Waals surface area contributed by atoms with Crippen molar-refractivity contribution < 1.29 is 30.6 Å². The Kier molecular flexibility index (Phi) is 7.03. The lowest BCUT2D eigenvalue weighted by molar-refractivity contribution is -0.271. The summed E-state index contributed by atoms with van der Waals surface area (Å²) in [4.78, 5) is 12.9. The lowest BCUT2D eigenvalue weighted by Gasteiger charge is -2.50. The first kappa shape index (κ1) is 26.4. The zero-order valence-electron chi connectivity index (χ0n) is 21.0. The van der Waals surface area contributed by atoms with Crippen LogP contribution in [0.2, 0.25) is 0 Å². The Hall–Kier alpha value is -2.19. The number of hydrogen-bond acceptors (Lipinski definition) is 4. The van der Waals surface area contributed by atoms with Crippen LogP contribution >= 0.6 is 0 Å². The topological polar surface area (TPSA) is 60.4 Å². The van der Waals surface area contributed by atoms with Gasteiger partial charge in [-0.2, -0.15) is 12.6 Å². The molecular weight excluding hydrogens is 501 g/mol. The van der Waals surface area contributed by atoms with Crippen molar-refractivity contribution in [3.05, 3.63) is 65.2 Å². The maximum absolute atomic E-state index is 13.3. The molecule has 37 heavy (non-hydrogen) atoms. The molecule has 0 heterocycles. The maximum atomic E-state index is 13.3. The number of alkyl halides is 3. The largest absolute Gasteiger partial charge is 0.537 e. The molecule has 0 bridgehead atoms. The molecule has 0 unspecified atom stereocenters. The van der Waals surface area contributed by atoms with Crippen LogP contribution in [0.4, 0.5) is 13.2 Å². The second kappa shape index (κ2) is 9.84. The molecule has 2 fully saturated rings. The molecule has 8 heteroatoms. The lowest BCUT2D eigenvalue weighted by Crippen LogP contribution is -2.44. The molecule has 0 N–H and O–H groups in total. The molecule has 0 amide bonds. The number of carbonyl (C=O) groups is 1. The average Bonchev–Trinajstić information content (AvgIpc) is 3.20. The van der Waals surface area contributed by atoms with Crippen LogP contribution in [0.3, 0.4) is 0 Å². The van der Waals surface area contributed by atoms with Gasteiger partial charge in [-0.3, -0.25) is 4.79 Å². The highest BCUT2D eigenvalue weighted by Crippen LogP contribution is 2.63. The molecule has 0 spiro atoms. The number of halogens is 3. The SMILES string of the molecule is C[C@]12CC[C@@H]3c4ccc(S(=O)(=O)OC(F)(F)F)cc4CC[C@H]3[C@@H]1CC[C@@H]2C(=O)CCCc1ccccc1. The van der Waals surface area contributed by atoms with E-state index >= 15 is 0 Å². The van der Waals surface area contributed by atoms with Crippen molar-refractivity contribution >= 4 is 15.9 Å². The lowest BCUT2D eigenvalue weighted by atomic mass is 9.54. The average molecular weight is 535 g/mol. The van der Waals surface area contributed by atoms with Gasteiger partial charge in [-0.15, -0.1) is 13.2 Å². The summed E-state index contributed by atoms with van der Waals surface area (Å²) in [6, 6.07) is 14.5. The molecule has 0 aromatic heterocycles. The van der Waals surface area contributed by atoms with Crippen LogP contribution in [0.1, 0.15) is 74.5 Å². The van der Waals surface area contributed by atoms with Gasteiger partial charge in [-0.05, 0) is 103 Å². The molecule has 5 rings (SSSR count). The highest BCUT2D eigenvalue weighted by atomic mass is 32.2. The van der Waals surface area contributed by atoms with E-state index in [-0.39, 0.29) is 17.3 Å². The zero-order valence-corrected chi connectivity index (χ0v) is 21.8. The van der Waals surface area contributed by atoms with Crippen LogP contribution in [-0.4, -0.2) is 20.6 Å². The third-order valence-electron chi connectivity index (χ3n) is 9.31. The number of ketones is 1. The van der Waals surface area contributed by atoms with E-state index < -0.39 is 21.4 Å². The van der Waals surface area contributed by atoms with Gasteiger partial charge in [-0.25, -0.2) is 0 Å². The van der Waals surface area contributed by atoms with E-state index in [1.165, 1.54) is 17.7 Å². The van der Waals surface area contributed by atoms with Crippen LogP contribution < -0.4 is 0 Å². The van der Waals surface area contributed by atoms with Crippen molar-refractivity contribution in [3.8, 4) is 0 Å². The van der Waals surface area contributed by atoms with Gasteiger partial charge < -0.3 is 0 Å². The molecule has 3 aliphatic carbocycles. The minimum atomic E-state index is -5.26. The molecule has 2 saturated carbocycles. The summed E-state index contributed by atoms with van der Waals surface area (Å²) < 4.78 is 65.3. The highest BCUT2D eigenvalue weighted by molar-refractivity contribution is 7.86. The Labute approximate surface area is 216 Å². The summed E-state index contributed by atoms with van der Waals surface area (Å²) in [6.07, 6.45) is 2.39. The Morgan fingerprint density at radius 2 is 1.81 bits per heavy atom. The predicted octanol–water partition coefficient (Wildman–Crippen LogP) is 6.98. The van der Waals surface area contributed by atoms with Gasteiger partial charge in [0.25, 0.3) is 0 Å². The Morgan fingerprint density at radius 1 is 1.05 bits per heavy atom. The van der Waals surface area contributed by atoms with Gasteiger partial charge in [0.1, 0.15) is 5.78 Å². The van der Waals surface area contributed by atoms with Crippen LogP contribution in [0, 0.1) is 23.2 Å². The molecule has 0 radical (unpaired) electrons. The molecule has 2 aromatic carbocycles. The fraction of sp³-hybridized carbons (Fsp3) is 0.552. The van der Waals surface area contributed by atoms with Crippen molar-refractivity contribution in [1.29, 1.82) is 0 Å². The van der Waals surface area contributed by atoms with Crippen LogP contribution in [0.15, 0.2) is 53.4 Å². The van der Waals surface area contributed by atoms with Crippen molar-refractivity contribution in [3.63, 3.8) is 0 Å². The fourth-order valence-corrected chi connectivity index (χ4v) is 8.57. The third-order valence-corrected chi connectivity index (χ3v) is 10.6. The molecule has 0 saturated heterocycles.